The van der Waals surface area contributed by atoms with Crippen molar-refractivity contribution >= 4 is 138 Å². The molecule has 16 rings (SSSR count). The van der Waals surface area contributed by atoms with Gasteiger partial charge in [0.2, 0.25) is 0 Å². The molecule has 0 bridgehead atoms. The molecular formula is C64H46BN3O. The highest BCUT2D eigenvalue weighted by atomic mass is 16.3. The molecule has 0 N–H and O–H groups in total. The summed E-state index contributed by atoms with van der Waals surface area (Å²) in [6.07, 6.45) is 0. The van der Waals surface area contributed by atoms with Gasteiger partial charge in [-0.3, -0.25) is 0 Å². The van der Waals surface area contributed by atoms with Crippen molar-refractivity contribution in [2.75, 3.05) is 4.90 Å². The van der Waals surface area contributed by atoms with Gasteiger partial charge in [-0.05, 0) is 109 Å². The minimum atomic E-state index is -0.187. The largest absolute Gasteiger partial charge is 0.455 e. The van der Waals surface area contributed by atoms with Crippen LogP contribution in [0.15, 0.2) is 174 Å². The minimum Gasteiger partial charge on any atom is -0.455 e. The van der Waals surface area contributed by atoms with Crippen molar-refractivity contribution in [3.8, 4) is 11.1 Å². The Morgan fingerprint density at radius 1 is 0.449 bits per heavy atom. The highest BCUT2D eigenvalue weighted by Gasteiger charge is 2.46. The summed E-state index contributed by atoms with van der Waals surface area (Å²) < 4.78 is 12.5. The van der Waals surface area contributed by atoms with Crippen molar-refractivity contribution in [1.82, 2.24) is 8.88 Å². The number of para-hydroxylation sites is 3. The van der Waals surface area contributed by atoms with Crippen LogP contribution in [0.3, 0.4) is 0 Å². The van der Waals surface area contributed by atoms with Gasteiger partial charge in [0.15, 0.2) is 0 Å². The molecule has 2 aliphatic heterocycles. The molecule has 4 nitrogen and oxygen atoms in total. The predicted molar refractivity (Wildman–Crippen MR) is 294 cm³/mol. The molecule has 0 radical (unpaired) electrons. The lowest BCUT2D eigenvalue weighted by Crippen LogP contribution is -2.56. The quantitative estimate of drug-likeness (QED) is 0.154. The average molecular weight is 884 g/mol. The summed E-state index contributed by atoms with van der Waals surface area (Å²) >= 11 is 0. The summed E-state index contributed by atoms with van der Waals surface area (Å²) in [4.78, 5) is 2.65. The summed E-state index contributed by atoms with van der Waals surface area (Å²) in [5.41, 5.74) is 19.2. The highest BCUT2D eigenvalue weighted by Crippen LogP contribution is 2.53. The zero-order valence-corrected chi connectivity index (χ0v) is 39.5. The van der Waals surface area contributed by atoms with Crippen molar-refractivity contribution in [2.45, 2.75) is 52.4 Å². The van der Waals surface area contributed by atoms with Crippen molar-refractivity contribution in [2.24, 2.45) is 0 Å². The first kappa shape index (κ1) is 38.0. The van der Waals surface area contributed by atoms with E-state index in [0.29, 0.717) is 0 Å². The van der Waals surface area contributed by atoms with Crippen molar-refractivity contribution in [3.63, 3.8) is 0 Å². The molecule has 326 valence electrons. The summed E-state index contributed by atoms with van der Waals surface area (Å²) in [6.45, 7) is 13.9. The first-order chi connectivity index (χ1) is 33.5. The molecule has 0 saturated heterocycles. The lowest BCUT2D eigenvalue weighted by atomic mass is 9.45. The Bertz CT molecular complexity index is 4610. The van der Waals surface area contributed by atoms with Crippen LogP contribution in [0.2, 0.25) is 0 Å². The van der Waals surface area contributed by atoms with Gasteiger partial charge < -0.3 is 18.2 Å². The molecule has 0 unspecified atom stereocenters. The third-order valence-electron chi connectivity index (χ3n) is 16.2. The molecule has 4 aromatic heterocycles. The van der Waals surface area contributed by atoms with Gasteiger partial charge in [-0.2, -0.15) is 0 Å². The van der Waals surface area contributed by atoms with Crippen LogP contribution in [0, 0.1) is 0 Å². The van der Waals surface area contributed by atoms with Crippen LogP contribution in [-0.2, 0) is 10.8 Å². The monoisotopic (exact) mass is 883 g/mol. The first-order valence-corrected chi connectivity index (χ1v) is 24.5. The number of aromatic nitrogens is 2. The lowest BCUT2D eigenvalue weighted by Gasteiger charge is -2.41. The Kier molecular flexibility index (Phi) is 6.91. The summed E-state index contributed by atoms with van der Waals surface area (Å²) in [5.74, 6) is 0. The Balaban J connectivity index is 1.17. The fourth-order valence-corrected chi connectivity index (χ4v) is 13.1. The fourth-order valence-electron chi connectivity index (χ4n) is 13.1. The van der Waals surface area contributed by atoms with E-state index in [1.807, 2.05) is 0 Å². The molecule has 0 fully saturated rings. The van der Waals surface area contributed by atoms with Gasteiger partial charge in [0.1, 0.15) is 11.2 Å². The van der Waals surface area contributed by atoms with Crippen LogP contribution >= 0.6 is 0 Å². The summed E-state index contributed by atoms with van der Waals surface area (Å²) in [5, 5.41) is 15.0. The third-order valence-corrected chi connectivity index (χ3v) is 16.2. The van der Waals surface area contributed by atoms with Crippen LogP contribution in [0.25, 0.3) is 115 Å². The number of benzene rings is 10. The molecule has 0 amide bonds. The average Bonchev–Trinajstić information content (AvgIpc) is 4.10. The fraction of sp³-hybridized carbons (Fsp3) is 0.125. The van der Waals surface area contributed by atoms with Crippen LogP contribution < -0.4 is 15.8 Å². The minimum absolute atomic E-state index is 0.0854. The molecule has 0 atom stereocenters. The standard InChI is InChI=1S/C64H46BN3O/c1-63(2,3)37-29-38(64(4,5)6)31-39(30-37)66-53-32-46-45-23-15-22-44-42-20-11-13-24-50(42)67(60(44)45)52(46)34-49(53)65-59-54(66)33-47-43-21-12-14-25-55(43)69-62(47)58(59)48-28-36-17-8-10-19-41(36)57-56-40-18-9-7-16-35(40)26-27-51(56)68(65)61(48)57/h7-34H,1-6H3. The second-order valence-electron chi connectivity index (χ2n) is 22.1. The van der Waals surface area contributed by atoms with E-state index in [1.165, 1.54) is 132 Å². The SMILES string of the molecule is CC(C)(C)c1cc(N2c3cc4c5cccc6c7ccccc7n(c4cc3B3c4c2cc2c(oc7ccccc72)c4-c2cc4ccccc4c4c7c8ccccc8ccc7n3c24)c65)cc(C(C)(C)C)c1. The zero-order valence-electron chi connectivity index (χ0n) is 39.5. The number of hydrogen-bond donors (Lipinski definition) is 0. The van der Waals surface area contributed by atoms with E-state index < -0.39 is 0 Å². The van der Waals surface area contributed by atoms with E-state index in [0.717, 1.165) is 21.9 Å². The van der Waals surface area contributed by atoms with E-state index in [2.05, 4.69) is 225 Å². The zero-order chi connectivity index (χ0) is 46.0. The predicted octanol–water partition coefficient (Wildman–Crippen LogP) is 16.2. The third kappa shape index (κ3) is 4.71. The van der Waals surface area contributed by atoms with Crippen molar-refractivity contribution in [3.05, 3.63) is 181 Å². The highest BCUT2D eigenvalue weighted by molar-refractivity contribution is 6.90. The second kappa shape index (κ2) is 12.5. The maximum Gasteiger partial charge on any atom is 0.333 e. The molecule has 5 heteroatoms. The number of hydrogen-bond acceptors (Lipinski definition) is 2. The van der Waals surface area contributed by atoms with E-state index >= 15 is 0 Å². The van der Waals surface area contributed by atoms with Gasteiger partial charge in [-0.15, -0.1) is 0 Å². The summed E-state index contributed by atoms with van der Waals surface area (Å²) in [6, 6.07) is 64.7. The normalized spacial score (nSPS) is 13.9. The number of nitrogens with zero attached hydrogens (tertiary/aromatic N) is 3. The van der Waals surface area contributed by atoms with E-state index in [4.69, 9.17) is 4.42 Å². The van der Waals surface area contributed by atoms with Gasteiger partial charge in [0.05, 0.1) is 16.6 Å². The number of anilines is 3. The Morgan fingerprint density at radius 2 is 1.09 bits per heavy atom. The summed E-state index contributed by atoms with van der Waals surface area (Å²) in [7, 11) is 0. The molecule has 6 heterocycles. The molecule has 10 aromatic carbocycles. The van der Waals surface area contributed by atoms with E-state index in [-0.39, 0.29) is 17.7 Å². The topological polar surface area (TPSA) is 25.7 Å². The second-order valence-corrected chi connectivity index (χ2v) is 22.1. The van der Waals surface area contributed by atoms with Crippen LogP contribution in [0.5, 0.6) is 0 Å². The molecule has 0 saturated carbocycles. The Morgan fingerprint density at radius 3 is 1.86 bits per heavy atom. The molecule has 69 heavy (non-hydrogen) atoms. The molecule has 0 spiro atoms. The first-order valence-electron chi connectivity index (χ1n) is 24.5. The maximum absolute atomic E-state index is 7.24. The molecule has 0 aliphatic carbocycles. The van der Waals surface area contributed by atoms with Crippen molar-refractivity contribution in [1.29, 1.82) is 0 Å². The maximum atomic E-state index is 7.24. The van der Waals surface area contributed by atoms with E-state index in [9.17, 15) is 0 Å². The molecule has 2 aliphatic rings. The Hall–Kier alpha value is -8.02. The van der Waals surface area contributed by atoms with Crippen LogP contribution in [0.1, 0.15) is 52.7 Å². The smallest absolute Gasteiger partial charge is 0.333 e. The van der Waals surface area contributed by atoms with Crippen LogP contribution in [-0.4, -0.2) is 15.7 Å². The molecule has 14 aromatic rings. The van der Waals surface area contributed by atoms with Gasteiger partial charge in [-0.1, -0.05) is 157 Å². The molecular weight excluding hydrogens is 838 g/mol. The van der Waals surface area contributed by atoms with Crippen LogP contribution in [0.4, 0.5) is 17.1 Å². The van der Waals surface area contributed by atoms with Gasteiger partial charge in [-0.25, -0.2) is 0 Å². The number of fused-ring (bicyclic) bond motifs is 21. The van der Waals surface area contributed by atoms with E-state index in [1.54, 1.807) is 0 Å². The van der Waals surface area contributed by atoms with Gasteiger partial charge in [0.25, 0.3) is 0 Å². The lowest BCUT2D eigenvalue weighted by molar-refractivity contribution is 0.569. The number of rotatable bonds is 1. The van der Waals surface area contributed by atoms with Gasteiger partial charge in [0, 0.05) is 82.3 Å². The van der Waals surface area contributed by atoms with Gasteiger partial charge >= 0.3 is 6.85 Å². The Labute approximate surface area is 399 Å². The number of furan rings is 1. The van der Waals surface area contributed by atoms with Crippen molar-refractivity contribution < 1.29 is 4.42 Å².